The summed E-state index contributed by atoms with van der Waals surface area (Å²) in [4.78, 5) is 15.0. The average molecular weight is 217 g/mol. The van der Waals surface area contributed by atoms with Crippen LogP contribution in [0, 0.1) is 0 Å². The van der Waals surface area contributed by atoms with Gasteiger partial charge < -0.3 is 4.74 Å². The van der Waals surface area contributed by atoms with Crippen LogP contribution in [-0.4, -0.2) is 17.5 Å². The van der Waals surface area contributed by atoms with Crippen molar-refractivity contribution in [2.24, 2.45) is 5.84 Å². The van der Waals surface area contributed by atoms with E-state index in [2.05, 4.69) is 4.98 Å². The van der Waals surface area contributed by atoms with Crippen molar-refractivity contribution in [3.8, 4) is 5.75 Å². The molecule has 82 valence electrons. The Labute approximate surface area is 92.2 Å². The molecule has 0 radical (unpaired) electrons. The number of rotatable bonds is 3. The van der Waals surface area contributed by atoms with E-state index in [-0.39, 0.29) is 12.5 Å². The highest BCUT2D eigenvalue weighted by Crippen LogP contribution is 2.24. The molecule has 0 spiro atoms. The predicted octanol–water partition coefficient (Wildman–Crippen LogP) is 0.603. The zero-order valence-corrected chi connectivity index (χ0v) is 8.51. The van der Waals surface area contributed by atoms with Crippen molar-refractivity contribution >= 4 is 16.7 Å². The summed E-state index contributed by atoms with van der Waals surface area (Å²) < 4.78 is 5.35. The second kappa shape index (κ2) is 4.59. The number of carbonyl (C=O) groups excluding carboxylic acids is 1. The molecule has 0 saturated heterocycles. The van der Waals surface area contributed by atoms with Gasteiger partial charge in [0.15, 0.2) is 6.61 Å². The third-order valence-corrected chi connectivity index (χ3v) is 2.16. The first-order chi connectivity index (χ1) is 7.81. The zero-order chi connectivity index (χ0) is 11.4. The Kier molecular flexibility index (Phi) is 2.98. The highest BCUT2D eigenvalue weighted by atomic mass is 16.5. The van der Waals surface area contributed by atoms with Crippen LogP contribution in [0.1, 0.15) is 0 Å². The molecule has 0 fully saturated rings. The quantitative estimate of drug-likeness (QED) is 0.448. The first-order valence-electron chi connectivity index (χ1n) is 4.76. The highest BCUT2D eigenvalue weighted by molar-refractivity contribution is 5.87. The second-order valence-corrected chi connectivity index (χ2v) is 3.21. The van der Waals surface area contributed by atoms with E-state index < -0.39 is 0 Å². The molecular weight excluding hydrogens is 206 g/mol. The average Bonchev–Trinajstić information content (AvgIpc) is 2.35. The number of nitrogens with two attached hydrogens (primary N) is 1. The minimum absolute atomic E-state index is 0.0993. The van der Waals surface area contributed by atoms with Crippen molar-refractivity contribution in [1.82, 2.24) is 10.4 Å². The van der Waals surface area contributed by atoms with Crippen LogP contribution in [-0.2, 0) is 4.79 Å². The molecule has 5 heteroatoms. The lowest BCUT2D eigenvalue weighted by Gasteiger charge is -2.07. The van der Waals surface area contributed by atoms with Crippen LogP contribution in [0.4, 0.5) is 0 Å². The normalized spacial score (nSPS) is 10.1. The van der Waals surface area contributed by atoms with Crippen LogP contribution < -0.4 is 16.0 Å². The summed E-state index contributed by atoms with van der Waals surface area (Å²) in [6.45, 7) is -0.0993. The van der Waals surface area contributed by atoms with Crippen molar-refractivity contribution in [1.29, 1.82) is 0 Å². The van der Waals surface area contributed by atoms with E-state index in [1.54, 1.807) is 18.5 Å². The monoisotopic (exact) mass is 217 g/mol. The van der Waals surface area contributed by atoms with Gasteiger partial charge in [-0.3, -0.25) is 15.2 Å². The van der Waals surface area contributed by atoms with Gasteiger partial charge in [-0.2, -0.15) is 0 Å². The summed E-state index contributed by atoms with van der Waals surface area (Å²) in [7, 11) is 0. The zero-order valence-electron chi connectivity index (χ0n) is 8.51. The second-order valence-electron chi connectivity index (χ2n) is 3.21. The van der Waals surface area contributed by atoms with Crippen molar-refractivity contribution in [3.63, 3.8) is 0 Å². The van der Waals surface area contributed by atoms with Gasteiger partial charge in [0, 0.05) is 23.2 Å². The number of carbonyl (C=O) groups is 1. The third-order valence-electron chi connectivity index (χ3n) is 2.16. The standard InChI is InChI=1S/C11H11N3O2/c12-14-11(15)7-16-10-3-1-2-8-6-13-5-4-9(8)10/h1-6H,7,12H2,(H,14,15). The number of pyridine rings is 1. The first kappa shape index (κ1) is 10.4. The molecule has 0 aliphatic rings. The molecule has 0 bridgehead atoms. The van der Waals surface area contributed by atoms with E-state index in [4.69, 9.17) is 10.6 Å². The van der Waals surface area contributed by atoms with Crippen molar-refractivity contribution in [2.45, 2.75) is 0 Å². The van der Waals surface area contributed by atoms with E-state index in [1.165, 1.54) is 0 Å². The molecule has 2 aromatic rings. The van der Waals surface area contributed by atoms with Crippen LogP contribution in [0.3, 0.4) is 0 Å². The van der Waals surface area contributed by atoms with E-state index >= 15 is 0 Å². The summed E-state index contributed by atoms with van der Waals surface area (Å²) >= 11 is 0. The van der Waals surface area contributed by atoms with Gasteiger partial charge in [-0.25, -0.2) is 5.84 Å². The number of benzene rings is 1. The Balaban J connectivity index is 2.27. The molecule has 1 aromatic heterocycles. The van der Waals surface area contributed by atoms with Crippen LogP contribution in [0.2, 0.25) is 0 Å². The molecular formula is C11H11N3O2. The van der Waals surface area contributed by atoms with Crippen LogP contribution in [0.5, 0.6) is 5.75 Å². The third kappa shape index (κ3) is 2.09. The van der Waals surface area contributed by atoms with Crippen molar-refractivity contribution in [2.75, 3.05) is 6.61 Å². The van der Waals surface area contributed by atoms with Gasteiger partial charge >= 0.3 is 0 Å². The van der Waals surface area contributed by atoms with Crippen LogP contribution >= 0.6 is 0 Å². The Bertz CT molecular complexity index is 508. The number of amides is 1. The maximum Gasteiger partial charge on any atom is 0.271 e. The topological polar surface area (TPSA) is 77.2 Å². The van der Waals surface area contributed by atoms with Crippen LogP contribution in [0.25, 0.3) is 10.8 Å². The SMILES string of the molecule is NNC(=O)COc1cccc2cnccc12. The molecule has 3 N–H and O–H groups in total. The number of hydrazine groups is 1. The summed E-state index contributed by atoms with van der Waals surface area (Å²) in [5.41, 5.74) is 2.01. The number of ether oxygens (including phenoxy) is 1. The molecule has 0 unspecified atom stereocenters. The lowest BCUT2D eigenvalue weighted by Crippen LogP contribution is -2.34. The van der Waals surface area contributed by atoms with Gasteiger partial charge in [0.1, 0.15) is 5.75 Å². The number of hydrogen-bond acceptors (Lipinski definition) is 4. The van der Waals surface area contributed by atoms with E-state index in [1.807, 2.05) is 23.6 Å². The molecule has 0 aliphatic carbocycles. The smallest absolute Gasteiger partial charge is 0.271 e. The number of hydrogen-bond donors (Lipinski definition) is 2. The lowest BCUT2D eigenvalue weighted by molar-refractivity contribution is -0.123. The van der Waals surface area contributed by atoms with Crippen LogP contribution in [0.15, 0.2) is 36.7 Å². The number of aromatic nitrogens is 1. The molecule has 0 aliphatic heterocycles. The Morgan fingerprint density at radius 3 is 3.12 bits per heavy atom. The summed E-state index contributed by atoms with van der Waals surface area (Å²) in [5.74, 6) is 5.23. The molecule has 16 heavy (non-hydrogen) atoms. The molecule has 2 rings (SSSR count). The fraction of sp³-hybridized carbons (Fsp3) is 0.0909. The molecule has 5 nitrogen and oxygen atoms in total. The molecule has 0 atom stereocenters. The fourth-order valence-electron chi connectivity index (χ4n) is 1.40. The van der Waals surface area contributed by atoms with Crippen molar-refractivity contribution < 1.29 is 9.53 Å². The lowest BCUT2D eigenvalue weighted by atomic mass is 10.1. The van der Waals surface area contributed by atoms with Gasteiger partial charge in [-0.05, 0) is 12.1 Å². The van der Waals surface area contributed by atoms with Gasteiger partial charge in [0.25, 0.3) is 5.91 Å². The number of nitrogens with zero attached hydrogens (tertiary/aromatic N) is 1. The largest absolute Gasteiger partial charge is 0.483 e. The van der Waals surface area contributed by atoms with Gasteiger partial charge in [-0.15, -0.1) is 0 Å². The molecule has 0 saturated carbocycles. The molecule has 1 aromatic carbocycles. The maximum atomic E-state index is 10.9. The summed E-state index contributed by atoms with van der Waals surface area (Å²) in [6, 6.07) is 7.41. The van der Waals surface area contributed by atoms with Gasteiger partial charge in [0.05, 0.1) is 0 Å². The Morgan fingerprint density at radius 1 is 1.44 bits per heavy atom. The van der Waals surface area contributed by atoms with E-state index in [0.717, 1.165) is 10.8 Å². The first-order valence-corrected chi connectivity index (χ1v) is 4.76. The van der Waals surface area contributed by atoms with Gasteiger partial charge in [-0.1, -0.05) is 12.1 Å². The Hall–Kier alpha value is -2.14. The molecule has 1 amide bonds. The Morgan fingerprint density at radius 2 is 2.31 bits per heavy atom. The minimum Gasteiger partial charge on any atom is -0.483 e. The fourth-order valence-corrected chi connectivity index (χ4v) is 1.40. The number of fused-ring (bicyclic) bond motifs is 1. The number of nitrogens with one attached hydrogen (secondary N) is 1. The van der Waals surface area contributed by atoms with Crippen molar-refractivity contribution in [3.05, 3.63) is 36.7 Å². The summed E-state index contributed by atoms with van der Waals surface area (Å²) in [5, 5.41) is 1.88. The minimum atomic E-state index is -0.369. The van der Waals surface area contributed by atoms with E-state index in [9.17, 15) is 4.79 Å². The molecule has 1 heterocycles. The van der Waals surface area contributed by atoms with Gasteiger partial charge in [0.2, 0.25) is 0 Å². The highest BCUT2D eigenvalue weighted by Gasteiger charge is 2.03. The van der Waals surface area contributed by atoms with E-state index in [0.29, 0.717) is 5.75 Å². The predicted molar refractivity (Wildman–Crippen MR) is 59.6 cm³/mol. The summed E-state index contributed by atoms with van der Waals surface area (Å²) in [6.07, 6.45) is 3.42. The maximum absolute atomic E-state index is 10.9.